The minimum absolute atomic E-state index is 0.457. The molecule has 0 saturated carbocycles. The van der Waals surface area contributed by atoms with Crippen LogP contribution in [0.1, 0.15) is 24.0 Å². The maximum atomic E-state index is 11.6. The molecule has 1 aliphatic carbocycles. The minimum Gasteiger partial charge on any atom is -0.619 e. The molecule has 2 aliphatic rings. The lowest BCUT2D eigenvalue weighted by Crippen LogP contribution is -2.38. The Balaban J connectivity index is 1.75. The summed E-state index contributed by atoms with van der Waals surface area (Å²) < 4.78 is 0.866. The number of anilines is 1. The van der Waals surface area contributed by atoms with E-state index < -0.39 is 0 Å². The lowest BCUT2D eigenvalue weighted by atomic mass is 9.80. The van der Waals surface area contributed by atoms with Crippen LogP contribution < -0.4 is 9.74 Å². The van der Waals surface area contributed by atoms with Gasteiger partial charge in [0.2, 0.25) is 0 Å². The Hall–Kier alpha value is -2.07. The second-order valence-corrected chi connectivity index (χ2v) is 6.29. The van der Waals surface area contributed by atoms with Crippen molar-refractivity contribution < 1.29 is 4.73 Å². The normalized spacial score (nSPS) is 20.1. The lowest BCUT2D eigenvalue weighted by molar-refractivity contribution is -0.605. The maximum Gasteiger partial charge on any atom is 0.189 e. The molecule has 1 aliphatic heterocycles. The Morgan fingerprint density at radius 1 is 1.18 bits per heavy atom. The third-order valence-electron chi connectivity index (χ3n) is 4.49. The minimum atomic E-state index is 0.457. The van der Waals surface area contributed by atoms with Crippen LogP contribution in [0.15, 0.2) is 47.8 Å². The largest absolute Gasteiger partial charge is 0.619 e. The van der Waals surface area contributed by atoms with Crippen molar-refractivity contribution in [2.75, 3.05) is 11.6 Å². The van der Waals surface area contributed by atoms with Crippen LogP contribution in [-0.2, 0) is 6.42 Å². The molecule has 0 spiro atoms. The van der Waals surface area contributed by atoms with Crippen LogP contribution >= 0.6 is 11.6 Å². The van der Waals surface area contributed by atoms with Crippen molar-refractivity contribution in [2.45, 2.75) is 19.3 Å². The molecular weight excluding hydrogens is 298 g/mol. The van der Waals surface area contributed by atoms with Gasteiger partial charge in [-0.1, -0.05) is 11.6 Å². The van der Waals surface area contributed by atoms with Gasteiger partial charge in [0.25, 0.3) is 0 Å². The first-order valence-corrected chi connectivity index (χ1v) is 7.92. The Morgan fingerprint density at radius 2 is 2.00 bits per heavy atom. The van der Waals surface area contributed by atoms with Gasteiger partial charge in [-0.25, -0.2) is 0 Å². The van der Waals surface area contributed by atoms with E-state index in [2.05, 4.69) is 0 Å². The summed E-state index contributed by atoms with van der Waals surface area (Å²) in [6, 6.07) is 9.64. The van der Waals surface area contributed by atoms with Crippen molar-refractivity contribution in [3.63, 3.8) is 0 Å². The molecule has 1 aromatic carbocycles. The van der Waals surface area contributed by atoms with E-state index >= 15 is 0 Å². The van der Waals surface area contributed by atoms with Gasteiger partial charge in [-0.3, -0.25) is 5.01 Å². The van der Waals surface area contributed by atoms with Crippen molar-refractivity contribution in [1.82, 2.24) is 0 Å². The van der Waals surface area contributed by atoms with E-state index in [1.807, 2.05) is 35.3 Å². The van der Waals surface area contributed by atoms with Gasteiger partial charge in [0.1, 0.15) is 0 Å². The second-order valence-electron chi connectivity index (χ2n) is 5.85. The standard InChI is InChI=1S/C17H16ClN3O/c18-14-3-5-15(6-4-14)21-10-8-13-2-1-12-7-9-20(22)11-16(12)17(13)19-21/h3-7,9,11,13H,1-2,8,10H2. The first-order valence-electron chi connectivity index (χ1n) is 7.54. The predicted molar refractivity (Wildman–Crippen MR) is 87.2 cm³/mol. The van der Waals surface area contributed by atoms with Crippen molar-refractivity contribution in [2.24, 2.45) is 11.0 Å². The summed E-state index contributed by atoms with van der Waals surface area (Å²) >= 11 is 5.95. The van der Waals surface area contributed by atoms with Gasteiger partial charge in [-0.15, -0.1) is 0 Å². The molecule has 22 heavy (non-hydrogen) atoms. The third-order valence-corrected chi connectivity index (χ3v) is 4.74. The summed E-state index contributed by atoms with van der Waals surface area (Å²) in [5.41, 5.74) is 4.31. The van der Waals surface area contributed by atoms with Crippen LogP contribution in [0.2, 0.25) is 5.02 Å². The topological polar surface area (TPSA) is 42.5 Å². The number of pyridine rings is 1. The Morgan fingerprint density at radius 3 is 2.82 bits per heavy atom. The van der Waals surface area contributed by atoms with Crippen molar-refractivity contribution in [3.05, 3.63) is 64.1 Å². The highest BCUT2D eigenvalue weighted by molar-refractivity contribution is 6.30. The van der Waals surface area contributed by atoms with Gasteiger partial charge in [0, 0.05) is 23.6 Å². The zero-order valence-corrected chi connectivity index (χ0v) is 12.8. The third kappa shape index (κ3) is 2.33. The van der Waals surface area contributed by atoms with Crippen LogP contribution in [0, 0.1) is 11.1 Å². The van der Waals surface area contributed by atoms with E-state index in [9.17, 15) is 5.21 Å². The number of nitrogens with zero attached hydrogens (tertiary/aromatic N) is 3. The fraction of sp³-hybridized carbons (Fsp3) is 0.294. The van der Waals surface area contributed by atoms with Gasteiger partial charge in [0.05, 0.1) is 17.0 Å². The summed E-state index contributed by atoms with van der Waals surface area (Å²) in [5.74, 6) is 0.457. The number of aryl methyl sites for hydroxylation is 1. The molecule has 1 unspecified atom stereocenters. The average Bonchev–Trinajstić information content (AvgIpc) is 2.55. The van der Waals surface area contributed by atoms with Gasteiger partial charge in [-0.2, -0.15) is 9.83 Å². The molecule has 2 aromatic rings. The molecule has 0 bridgehead atoms. The zero-order chi connectivity index (χ0) is 15.1. The number of benzene rings is 1. The van der Waals surface area contributed by atoms with Crippen LogP contribution in [0.5, 0.6) is 0 Å². The second kappa shape index (κ2) is 5.29. The molecule has 4 nitrogen and oxygen atoms in total. The van der Waals surface area contributed by atoms with E-state index in [1.54, 1.807) is 12.4 Å². The van der Waals surface area contributed by atoms with Crippen LogP contribution in [0.4, 0.5) is 5.69 Å². The Labute approximate surface area is 134 Å². The van der Waals surface area contributed by atoms with Crippen LogP contribution in [-0.4, -0.2) is 12.3 Å². The molecule has 4 rings (SSSR count). The zero-order valence-electron chi connectivity index (χ0n) is 12.1. The first-order chi connectivity index (χ1) is 10.7. The molecule has 112 valence electrons. The highest BCUT2D eigenvalue weighted by Crippen LogP contribution is 2.32. The summed E-state index contributed by atoms with van der Waals surface area (Å²) in [5, 5.41) is 19.2. The van der Waals surface area contributed by atoms with E-state index in [0.29, 0.717) is 5.92 Å². The Bertz CT molecular complexity index is 742. The number of halogens is 1. The van der Waals surface area contributed by atoms with E-state index in [4.69, 9.17) is 16.7 Å². The van der Waals surface area contributed by atoms with Gasteiger partial charge in [-0.05, 0) is 49.1 Å². The maximum absolute atomic E-state index is 11.6. The number of aromatic nitrogens is 1. The molecule has 2 heterocycles. The summed E-state index contributed by atoms with van der Waals surface area (Å²) in [4.78, 5) is 0. The summed E-state index contributed by atoms with van der Waals surface area (Å²) in [6.45, 7) is 0.898. The molecule has 5 heteroatoms. The molecule has 0 fully saturated rings. The number of hydrogen-bond donors (Lipinski definition) is 0. The highest BCUT2D eigenvalue weighted by Gasteiger charge is 2.31. The van der Waals surface area contributed by atoms with Gasteiger partial charge in [0.15, 0.2) is 12.4 Å². The highest BCUT2D eigenvalue weighted by atomic mass is 35.5. The monoisotopic (exact) mass is 313 g/mol. The molecule has 1 atom stereocenters. The molecule has 1 aromatic heterocycles. The van der Waals surface area contributed by atoms with Crippen LogP contribution in [0.25, 0.3) is 0 Å². The number of fused-ring (bicyclic) bond motifs is 3. The number of hydrogen-bond acceptors (Lipinski definition) is 3. The predicted octanol–water partition coefficient (Wildman–Crippen LogP) is 3.15. The van der Waals surface area contributed by atoms with E-state index in [1.165, 1.54) is 5.56 Å². The molecule has 0 N–H and O–H groups in total. The molecule has 0 radical (unpaired) electrons. The number of rotatable bonds is 1. The lowest BCUT2D eigenvalue weighted by Gasteiger charge is -2.34. The van der Waals surface area contributed by atoms with Crippen molar-refractivity contribution in [1.29, 1.82) is 0 Å². The smallest absolute Gasteiger partial charge is 0.189 e. The van der Waals surface area contributed by atoms with Crippen molar-refractivity contribution >= 4 is 23.0 Å². The van der Waals surface area contributed by atoms with Gasteiger partial charge < -0.3 is 5.21 Å². The SMILES string of the molecule is [O-][n+]1ccc2c(c1)C1=NN(c3ccc(Cl)cc3)CCC1CC2. The molecular formula is C17H16ClN3O. The fourth-order valence-corrected chi connectivity index (χ4v) is 3.44. The summed E-state index contributed by atoms with van der Waals surface area (Å²) in [6.07, 6.45) is 6.43. The quantitative estimate of drug-likeness (QED) is 0.599. The molecule has 0 saturated heterocycles. The fourth-order valence-electron chi connectivity index (χ4n) is 3.32. The van der Waals surface area contributed by atoms with E-state index in [0.717, 1.165) is 52.5 Å². The Kier molecular flexibility index (Phi) is 3.26. The van der Waals surface area contributed by atoms with Crippen molar-refractivity contribution in [3.8, 4) is 0 Å². The first kappa shape index (κ1) is 13.6. The van der Waals surface area contributed by atoms with Crippen LogP contribution in [0.3, 0.4) is 0 Å². The average molecular weight is 314 g/mol. The van der Waals surface area contributed by atoms with E-state index in [-0.39, 0.29) is 0 Å². The molecule has 0 amide bonds. The van der Waals surface area contributed by atoms with Gasteiger partial charge >= 0.3 is 0 Å². The number of hydrazone groups is 1. The summed E-state index contributed by atoms with van der Waals surface area (Å²) in [7, 11) is 0.